The Morgan fingerprint density at radius 1 is 0.409 bits per heavy atom. The zero-order valence-corrected chi connectivity index (χ0v) is 72.4. The van der Waals surface area contributed by atoms with Crippen LogP contribution >= 0.6 is 69.6 Å². The molecule has 115 heavy (non-hydrogen) atoms. The quantitative estimate of drug-likeness (QED) is 0.0127. The van der Waals surface area contributed by atoms with E-state index in [9.17, 15) is 35.4 Å². The van der Waals surface area contributed by atoms with E-state index in [1.54, 1.807) is 54.6 Å². The van der Waals surface area contributed by atoms with Crippen molar-refractivity contribution in [3.63, 3.8) is 0 Å². The van der Waals surface area contributed by atoms with Gasteiger partial charge in [-0.3, -0.25) is 0 Å². The maximum atomic E-state index is 13.3. The topological polar surface area (TPSA) is 310 Å². The number of carbonyl (C=O) groups is 3. The van der Waals surface area contributed by atoms with Crippen molar-refractivity contribution < 1.29 is 68.3 Å². The Labute approximate surface area is 709 Å². The molecule has 0 saturated carbocycles. The SMILES string of the molecule is CN1Cc2c(Cl)cc(Cl)cc2[C@H](c2cccc(S(=O)NCCOCCOCCNC(=O)NCCC[N+](C)(CCCNC(=O)NCCOCCOCCNS(=O)(=O)c3cccc([C@@H]4CN(C)Cc5c(Cl)cc(Cl)cc54)c3)CCCNC(=O)NCCOCCOCCNS(=O)(=O)c3cccc([C@@H]4CN(C)Cc5c(Cl)cc(Cl)cc54)c3)c2)C1. The van der Waals surface area contributed by atoms with Crippen LogP contribution in [0.5, 0.6) is 0 Å². The summed E-state index contributed by atoms with van der Waals surface area (Å²) in [6, 6.07) is 31.5. The van der Waals surface area contributed by atoms with Crippen molar-refractivity contribution in [3.8, 4) is 0 Å². The van der Waals surface area contributed by atoms with Crippen LogP contribution in [0, 0.1) is 0 Å². The molecule has 632 valence electrons. The monoisotopic (exact) mass is 1770 g/mol. The highest BCUT2D eigenvalue weighted by Crippen LogP contribution is 2.42. The molecule has 36 heteroatoms. The molecule has 9 N–H and O–H groups in total. The van der Waals surface area contributed by atoms with Gasteiger partial charge in [0.05, 0.1) is 121 Å². The lowest BCUT2D eigenvalue weighted by atomic mass is 9.85. The van der Waals surface area contributed by atoms with Gasteiger partial charge >= 0.3 is 18.1 Å². The molecule has 0 radical (unpaired) electrons. The fraction of sp³-hybridized carbons (Fsp3) is 0.506. The molecule has 1 unspecified atom stereocenters. The summed E-state index contributed by atoms with van der Waals surface area (Å²) >= 11 is 38.9. The molecule has 4 atom stereocenters. The number of rotatable bonds is 48. The minimum atomic E-state index is -3.84. The van der Waals surface area contributed by atoms with Gasteiger partial charge in [-0.25, -0.2) is 49.6 Å². The number of urea groups is 3. The fourth-order valence-electron chi connectivity index (χ4n) is 14.2. The number of nitrogens with one attached hydrogen (secondary N) is 9. The van der Waals surface area contributed by atoms with E-state index in [1.165, 1.54) is 0 Å². The van der Waals surface area contributed by atoms with E-state index in [1.807, 2.05) is 68.7 Å². The number of nitrogens with zero attached hydrogens (tertiary/aromatic N) is 4. The summed E-state index contributed by atoms with van der Waals surface area (Å²) in [7, 11) is -1.00. The second-order valence-corrected chi connectivity index (χ2v) is 36.2. The first-order valence-corrected chi connectivity index (χ1v) is 44.9. The standard InChI is InChI=1S/C79H107Cl6N13O14S3/c1-95-50-68(65-44-59(80)47-74(83)71(65)53-95)56-11-5-14-62(41-56)113(102)92-23-32-110-38-35-107-29-20-89-77(99)86-17-8-26-98(4,27-9-18-87-78(100)90-21-30-108-36-39-111-33-24-93-114(103,104)63-15-6-12-57(42-63)69-51-96(2)54-72-66(69)45-60(81)48-75(72)84)28-10-19-88-79(101)91-22-31-109-37-40-112-34-25-94-115(105,106)64-16-7-13-58(43-64)70-52-97(3)55-73-67(70)46-61(82)49-76(73)85/h5-7,11-16,41-49,68-70,92-94H,8-10,17-40,50-55H2,1-4H3,(H5-,86,87,88,89,90,91,99,100,101)/p+1/t68-,69-,70-,113?/m0/s1. The number of hydrogen-bond acceptors (Lipinski definition) is 17. The third-order valence-electron chi connectivity index (χ3n) is 19.8. The van der Waals surface area contributed by atoms with Crippen molar-refractivity contribution in [2.24, 2.45) is 0 Å². The van der Waals surface area contributed by atoms with Crippen molar-refractivity contribution >= 4 is 119 Å². The minimum absolute atomic E-state index is 0.0211. The summed E-state index contributed by atoms with van der Waals surface area (Å²) in [5, 5.41) is 20.6. The van der Waals surface area contributed by atoms with Crippen molar-refractivity contribution in [1.82, 2.24) is 60.8 Å². The summed E-state index contributed by atoms with van der Waals surface area (Å²) in [6.07, 6.45) is 1.93. The molecule has 0 spiro atoms. The number of likely N-dealkylation sites (N-methyl/N-ethyl adjacent to an activating group) is 3. The number of hydrogen-bond donors (Lipinski definition) is 9. The molecule has 3 aliphatic rings. The van der Waals surface area contributed by atoms with Crippen LogP contribution in [0.15, 0.2) is 124 Å². The highest BCUT2D eigenvalue weighted by atomic mass is 35.5. The van der Waals surface area contributed by atoms with Gasteiger partial charge in [-0.15, -0.1) is 0 Å². The number of quaternary nitrogens is 1. The van der Waals surface area contributed by atoms with Crippen LogP contribution in [0.4, 0.5) is 14.4 Å². The third kappa shape index (κ3) is 30.3. The number of amides is 6. The zero-order chi connectivity index (χ0) is 82.3. The van der Waals surface area contributed by atoms with Crippen LogP contribution in [0.3, 0.4) is 0 Å². The molecular formula is C79H108Cl6N13O14S3+. The highest BCUT2D eigenvalue weighted by molar-refractivity contribution is 7.89. The Bertz CT molecular complexity index is 4250. The number of halogens is 6. The Hall–Kier alpha value is -5.60. The molecule has 0 saturated heterocycles. The Morgan fingerprint density at radius 3 is 1.06 bits per heavy atom. The van der Waals surface area contributed by atoms with E-state index < -0.39 is 31.0 Å². The molecule has 0 aromatic heterocycles. The average molecular weight is 1770 g/mol. The molecule has 6 amide bonds. The molecule has 0 bridgehead atoms. The number of benzene rings is 6. The molecule has 0 fully saturated rings. The first kappa shape index (κ1) is 93.3. The molecule has 0 aliphatic carbocycles. The van der Waals surface area contributed by atoms with Gasteiger partial charge in [-0.2, -0.15) is 0 Å². The normalized spacial score (nSPS) is 16.3. The zero-order valence-electron chi connectivity index (χ0n) is 65.5. The van der Waals surface area contributed by atoms with Gasteiger partial charge in [0.1, 0.15) is 11.0 Å². The summed E-state index contributed by atoms with van der Waals surface area (Å²) in [6.45, 7) is 11.5. The smallest absolute Gasteiger partial charge is 0.314 e. The first-order valence-electron chi connectivity index (χ1n) is 38.5. The van der Waals surface area contributed by atoms with E-state index in [-0.39, 0.29) is 138 Å². The molecule has 6 aromatic rings. The Morgan fingerprint density at radius 2 is 0.713 bits per heavy atom. The molecule has 27 nitrogen and oxygen atoms in total. The largest absolute Gasteiger partial charge is 0.378 e. The summed E-state index contributed by atoms with van der Waals surface area (Å²) < 4.78 is 109. The van der Waals surface area contributed by atoms with E-state index in [0.717, 1.165) is 63.2 Å². The van der Waals surface area contributed by atoms with Crippen LogP contribution in [0.25, 0.3) is 0 Å². The lowest BCUT2D eigenvalue weighted by Gasteiger charge is -2.35. The number of carbonyl (C=O) groups excluding carboxylic acids is 3. The van der Waals surface area contributed by atoms with Crippen molar-refractivity contribution in [2.45, 2.75) is 71.3 Å². The van der Waals surface area contributed by atoms with Gasteiger partial charge < -0.3 is 79.5 Å². The molecule has 3 aliphatic heterocycles. The minimum Gasteiger partial charge on any atom is -0.378 e. The average Bonchev–Trinajstić information content (AvgIpc) is 0.782. The van der Waals surface area contributed by atoms with Gasteiger partial charge in [0.2, 0.25) is 20.0 Å². The van der Waals surface area contributed by atoms with Gasteiger partial charge in [0.25, 0.3) is 0 Å². The molecular weight excluding hydrogens is 1660 g/mol. The van der Waals surface area contributed by atoms with Gasteiger partial charge in [0, 0.05) is 165 Å². The maximum absolute atomic E-state index is 13.3. The van der Waals surface area contributed by atoms with Crippen molar-refractivity contribution in [3.05, 3.63) is 189 Å². The Kier molecular flexibility index (Phi) is 38.5. The van der Waals surface area contributed by atoms with Crippen LogP contribution in [0.2, 0.25) is 30.1 Å². The summed E-state index contributed by atoms with van der Waals surface area (Å²) in [4.78, 5) is 45.8. The Balaban J connectivity index is 0.618. The predicted molar refractivity (Wildman–Crippen MR) is 452 cm³/mol. The second-order valence-electron chi connectivity index (χ2n) is 28.9. The lowest BCUT2D eigenvalue weighted by molar-refractivity contribution is -0.909. The third-order valence-corrected chi connectivity index (χ3v) is 25.6. The van der Waals surface area contributed by atoms with E-state index in [4.69, 9.17) is 98.0 Å². The maximum Gasteiger partial charge on any atom is 0.314 e. The molecule has 9 rings (SSSR count). The van der Waals surface area contributed by atoms with Crippen molar-refractivity contribution in [1.29, 1.82) is 0 Å². The fourth-order valence-corrected chi connectivity index (χ4v) is 18.9. The van der Waals surface area contributed by atoms with Gasteiger partial charge in [0.15, 0.2) is 0 Å². The van der Waals surface area contributed by atoms with E-state index in [2.05, 4.69) is 74.9 Å². The number of ether oxygens (including phenoxy) is 6. The number of sulfonamides is 2. The summed E-state index contributed by atoms with van der Waals surface area (Å²) in [5.41, 5.74) is 8.74. The van der Waals surface area contributed by atoms with Crippen LogP contribution in [-0.4, -0.2) is 264 Å². The van der Waals surface area contributed by atoms with Gasteiger partial charge in [-0.1, -0.05) is 106 Å². The van der Waals surface area contributed by atoms with Crippen LogP contribution < -0.4 is 46.1 Å². The number of fused-ring (bicyclic) bond motifs is 3. The van der Waals surface area contributed by atoms with E-state index in [0.29, 0.717) is 151 Å². The second kappa shape index (κ2) is 47.4. The summed E-state index contributed by atoms with van der Waals surface area (Å²) in [5.74, 6) is -0.220. The van der Waals surface area contributed by atoms with Crippen molar-refractivity contribution in [2.75, 3.05) is 206 Å². The van der Waals surface area contributed by atoms with Crippen LogP contribution in [-0.2, 0) is 79.1 Å². The first-order chi connectivity index (χ1) is 55.2. The van der Waals surface area contributed by atoms with Gasteiger partial charge in [-0.05, 0) is 144 Å². The van der Waals surface area contributed by atoms with Crippen LogP contribution in [0.1, 0.15) is 87.1 Å². The lowest BCUT2D eigenvalue weighted by Crippen LogP contribution is -2.49. The van der Waals surface area contributed by atoms with E-state index >= 15 is 0 Å². The predicted octanol–water partition coefficient (Wildman–Crippen LogP) is 9.52. The highest BCUT2D eigenvalue weighted by Gasteiger charge is 2.32. The molecule has 6 aromatic carbocycles. The molecule has 3 heterocycles.